The van der Waals surface area contributed by atoms with Crippen molar-refractivity contribution in [3.63, 3.8) is 0 Å². The van der Waals surface area contributed by atoms with Crippen molar-refractivity contribution in [2.45, 2.75) is 45.1 Å². The van der Waals surface area contributed by atoms with Crippen LogP contribution < -0.4 is 5.32 Å². The molecule has 0 amide bonds. The Labute approximate surface area is 91.6 Å². The van der Waals surface area contributed by atoms with Gasteiger partial charge in [0, 0.05) is 12.6 Å². The summed E-state index contributed by atoms with van der Waals surface area (Å²) in [6, 6.07) is 0.671. The maximum Gasteiger partial charge on any atom is 0.310 e. The number of nitrogens with one attached hydrogen (secondary N) is 1. The summed E-state index contributed by atoms with van der Waals surface area (Å²) in [5.74, 6) is 0.806. The summed E-state index contributed by atoms with van der Waals surface area (Å²) < 4.78 is 5.08. The second kappa shape index (κ2) is 4.97. The monoisotopic (exact) mass is 211 g/mol. The maximum atomic E-state index is 11.6. The Hall–Kier alpha value is -0.570. The van der Waals surface area contributed by atoms with Crippen LogP contribution in [0.2, 0.25) is 0 Å². The zero-order valence-electron chi connectivity index (χ0n) is 9.50. The lowest BCUT2D eigenvalue weighted by atomic mass is 9.76. The highest BCUT2D eigenvalue weighted by molar-refractivity contribution is 5.72. The van der Waals surface area contributed by atoms with E-state index in [9.17, 15) is 4.79 Å². The van der Waals surface area contributed by atoms with Crippen LogP contribution in [0.3, 0.4) is 0 Å². The van der Waals surface area contributed by atoms with Crippen LogP contribution in [0.4, 0.5) is 0 Å². The molecule has 1 saturated heterocycles. The zero-order chi connectivity index (χ0) is 10.7. The highest BCUT2D eigenvalue weighted by Crippen LogP contribution is 2.33. The van der Waals surface area contributed by atoms with Crippen LogP contribution in [-0.4, -0.2) is 25.2 Å². The Bertz CT molecular complexity index is 230. The quantitative estimate of drug-likeness (QED) is 0.707. The third-order valence-electron chi connectivity index (χ3n) is 3.74. The normalized spacial score (nSPS) is 35.7. The third kappa shape index (κ3) is 2.51. The molecule has 0 aromatic heterocycles. The molecule has 1 heterocycles. The molecule has 2 aliphatic rings. The predicted molar refractivity (Wildman–Crippen MR) is 58.5 cm³/mol. The lowest BCUT2D eigenvalue weighted by molar-refractivity contribution is -0.149. The number of esters is 1. The number of hydrogen-bond acceptors (Lipinski definition) is 3. The van der Waals surface area contributed by atoms with Gasteiger partial charge in [0.2, 0.25) is 0 Å². The van der Waals surface area contributed by atoms with Crippen LogP contribution in [-0.2, 0) is 9.53 Å². The van der Waals surface area contributed by atoms with E-state index in [0.29, 0.717) is 18.6 Å². The van der Waals surface area contributed by atoms with Gasteiger partial charge in [0.1, 0.15) is 0 Å². The molecule has 3 atom stereocenters. The van der Waals surface area contributed by atoms with Crippen molar-refractivity contribution in [3.8, 4) is 0 Å². The van der Waals surface area contributed by atoms with E-state index < -0.39 is 0 Å². The molecule has 2 rings (SSSR count). The van der Waals surface area contributed by atoms with Gasteiger partial charge in [0.05, 0.1) is 12.5 Å². The SMILES string of the molecule is CCOC(=O)[C@@H]1CN[C@H]2CCCC[C@@H]2C1. The molecular formula is C12H21NO2. The molecule has 0 aromatic rings. The second-order valence-electron chi connectivity index (χ2n) is 4.74. The van der Waals surface area contributed by atoms with E-state index in [1.807, 2.05) is 6.92 Å². The largest absolute Gasteiger partial charge is 0.466 e. The Morgan fingerprint density at radius 3 is 3.00 bits per heavy atom. The van der Waals surface area contributed by atoms with E-state index in [0.717, 1.165) is 13.0 Å². The van der Waals surface area contributed by atoms with Crippen molar-refractivity contribution >= 4 is 5.97 Å². The zero-order valence-corrected chi connectivity index (χ0v) is 9.50. The van der Waals surface area contributed by atoms with Gasteiger partial charge >= 0.3 is 5.97 Å². The Balaban J connectivity index is 1.87. The molecule has 1 aliphatic carbocycles. The van der Waals surface area contributed by atoms with Crippen molar-refractivity contribution in [1.82, 2.24) is 5.32 Å². The summed E-state index contributed by atoms with van der Waals surface area (Å²) in [5, 5.41) is 3.51. The van der Waals surface area contributed by atoms with Crippen molar-refractivity contribution in [2.75, 3.05) is 13.2 Å². The van der Waals surface area contributed by atoms with E-state index in [1.165, 1.54) is 25.7 Å². The molecule has 0 radical (unpaired) electrons. The van der Waals surface area contributed by atoms with Crippen LogP contribution in [0.15, 0.2) is 0 Å². The molecule has 3 heteroatoms. The van der Waals surface area contributed by atoms with E-state index in [1.54, 1.807) is 0 Å². The summed E-state index contributed by atoms with van der Waals surface area (Å²) in [5.41, 5.74) is 0. The van der Waals surface area contributed by atoms with Gasteiger partial charge in [-0.05, 0) is 32.1 Å². The maximum absolute atomic E-state index is 11.6. The number of carbonyl (C=O) groups excluding carboxylic acids is 1. The molecule has 1 aliphatic heterocycles. The number of ether oxygens (including phenoxy) is 1. The van der Waals surface area contributed by atoms with Gasteiger partial charge in [-0.2, -0.15) is 0 Å². The first-order chi connectivity index (χ1) is 7.31. The molecular weight excluding hydrogens is 190 g/mol. The molecule has 0 unspecified atom stereocenters. The van der Waals surface area contributed by atoms with Crippen LogP contribution >= 0.6 is 0 Å². The fraction of sp³-hybridized carbons (Fsp3) is 0.917. The summed E-state index contributed by atoms with van der Waals surface area (Å²) >= 11 is 0. The Morgan fingerprint density at radius 1 is 1.40 bits per heavy atom. The molecule has 2 fully saturated rings. The molecule has 0 aromatic carbocycles. The van der Waals surface area contributed by atoms with Gasteiger partial charge < -0.3 is 10.1 Å². The van der Waals surface area contributed by atoms with E-state index >= 15 is 0 Å². The number of fused-ring (bicyclic) bond motifs is 1. The Morgan fingerprint density at radius 2 is 2.20 bits per heavy atom. The smallest absolute Gasteiger partial charge is 0.310 e. The van der Waals surface area contributed by atoms with E-state index in [-0.39, 0.29) is 11.9 Å². The average Bonchev–Trinajstić information content (AvgIpc) is 2.29. The second-order valence-corrected chi connectivity index (χ2v) is 4.74. The van der Waals surface area contributed by atoms with E-state index in [4.69, 9.17) is 4.74 Å². The predicted octanol–water partition coefficient (Wildman–Crippen LogP) is 1.72. The lowest BCUT2D eigenvalue weighted by Gasteiger charge is -2.39. The molecule has 86 valence electrons. The minimum Gasteiger partial charge on any atom is -0.466 e. The highest BCUT2D eigenvalue weighted by atomic mass is 16.5. The number of hydrogen-bond donors (Lipinski definition) is 1. The number of piperidine rings is 1. The minimum atomic E-state index is -0.00553. The topological polar surface area (TPSA) is 38.3 Å². The van der Waals surface area contributed by atoms with Gasteiger partial charge in [-0.15, -0.1) is 0 Å². The van der Waals surface area contributed by atoms with Crippen molar-refractivity contribution in [2.24, 2.45) is 11.8 Å². The standard InChI is InChI=1S/C12H21NO2/c1-2-15-12(14)10-7-9-5-3-4-6-11(9)13-8-10/h9-11,13H,2-8H2,1H3/t9-,10+,11+/m1/s1. The van der Waals surface area contributed by atoms with Gasteiger partial charge in [-0.25, -0.2) is 0 Å². The molecule has 1 N–H and O–H groups in total. The number of carbonyl (C=O) groups is 1. The average molecular weight is 211 g/mol. The first-order valence-electron chi connectivity index (χ1n) is 6.21. The summed E-state index contributed by atoms with van der Waals surface area (Å²) in [6.07, 6.45) is 6.29. The molecule has 3 nitrogen and oxygen atoms in total. The van der Waals surface area contributed by atoms with Gasteiger partial charge in [0.15, 0.2) is 0 Å². The van der Waals surface area contributed by atoms with Crippen LogP contribution in [0.1, 0.15) is 39.0 Å². The molecule has 15 heavy (non-hydrogen) atoms. The van der Waals surface area contributed by atoms with Crippen LogP contribution in [0.5, 0.6) is 0 Å². The number of rotatable bonds is 2. The van der Waals surface area contributed by atoms with Crippen molar-refractivity contribution < 1.29 is 9.53 Å². The van der Waals surface area contributed by atoms with Crippen molar-refractivity contribution in [3.05, 3.63) is 0 Å². The van der Waals surface area contributed by atoms with E-state index in [2.05, 4.69) is 5.32 Å². The lowest BCUT2D eigenvalue weighted by Crippen LogP contribution is -2.49. The summed E-state index contributed by atoms with van der Waals surface area (Å²) in [6.45, 7) is 3.20. The fourth-order valence-corrected chi connectivity index (χ4v) is 2.94. The van der Waals surface area contributed by atoms with Gasteiger partial charge in [0.25, 0.3) is 0 Å². The van der Waals surface area contributed by atoms with Crippen LogP contribution in [0.25, 0.3) is 0 Å². The first kappa shape index (κ1) is 10.9. The first-order valence-corrected chi connectivity index (χ1v) is 6.21. The molecule has 0 bridgehead atoms. The van der Waals surface area contributed by atoms with Gasteiger partial charge in [-0.1, -0.05) is 12.8 Å². The molecule has 1 saturated carbocycles. The third-order valence-corrected chi connectivity index (χ3v) is 3.74. The Kier molecular flexibility index (Phi) is 3.62. The van der Waals surface area contributed by atoms with Crippen LogP contribution in [0, 0.1) is 11.8 Å². The van der Waals surface area contributed by atoms with Gasteiger partial charge in [-0.3, -0.25) is 4.79 Å². The van der Waals surface area contributed by atoms with Crippen molar-refractivity contribution in [1.29, 1.82) is 0 Å². The molecule has 0 spiro atoms. The summed E-state index contributed by atoms with van der Waals surface area (Å²) in [4.78, 5) is 11.6. The minimum absolute atomic E-state index is 0.00553. The fourth-order valence-electron chi connectivity index (χ4n) is 2.94. The summed E-state index contributed by atoms with van der Waals surface area (Å²) in [7, 11) is 0. The highest BCUT2D eigenvalue weighted by Gasteiger charge is 2.35.